The van der Waals surface area contributed by atoms with E-state index >= 15 is 0 Å². The highest BCUT2D eigenvalue weighted by atomic mass is 35.5. The molecule has 0 aromatic heterocycles. The lowest BCUT2D eigenvalue weighted by Gasteiger charge is -2.37. The van der Waals surface area contributed by atoms with Gasteiger partial charge in [0.2, 0.25) is 0 Å². The first-order valence-corrected chi connectivity index (χ1v) is 5.96. The van der Waals surface area contributed by atoms with Crippen LogP contribution in [0.25, 0.3) is 0 Å². The number of carbonyl (C=O) groups is 1. The number of β-amino-alcohol motifs (C(OH)–C–C–N with tert-alkyl or cyclic N) is 1. The second-order valence-electron chi connectivity index (χ2n) is 4.31. The Kier molecular flexibility index (Phi) is 3.73. The highest BCUT2D eigenvalue weighted by Crippen LogP contribution is 2.34. The Morgan fingerprint density at radius 1 is 1.56 bits per heavy atom. The Labute approximate surface area is 109 Å². The second-order valence-corrected chi connectivity index (χ2v) is 4.72. The Bertz CT molecular complexity index is 448. The number of halogens is 2. The minimum absolute atomic E-state index is 0.0857. The van der Waals surface area contributed by atoms with E-state index < -0.39 is 23.9 Å². The number of nitrogens with zero attached hydrogens (tertiary/aromatic N) is 1. The van der Waals surface area contributed by atoms with Crippen LogP contribution in [-0.4, -0.2) is 35.3 Å². The maximum absolute atomic E-state index is 13.7. The number of hydrogen-bond acceptors (Lipinski definition) is 3. The lowest BCUT2D eigenvalue weighted by Crippen LogP contribution is -2.50. The van der Waals surface area contributed by atoms with Crippen LogP contribution in [0.1, 0.15) is 17.9 Å². The van der Waals surface area contributed by atoms with Crippen LogP contribution < -0.4 is 5.11 Å². The van der Waals surface area contributed by atoms with Crippen molar-refractivity contribution in [2.24, 2.45) is 0 Å². The van der Waals surface area contributed by atoms with Gasteiger partial charge in [-0.05, 0) is 18.6 Å². The maximum Gasteiger partial charge on any atom is 0.137 e. The summed E-state index contributed by atoms with van der Waals surface area (Å²) in [6.45, 7) is 0.117. The molecule has 0 aliphatic carbocycles. The van der Waals surface area contributed by atoms with Gasteiger partial charge in [0.15, 0.2) is 0 Å². The molecule has 98 valence electrons. The van der Waals surface area contributed by atoms with Crippen molar-refractivity contribution in [2.45, 2.75) is 18.4 Å². The molecular formula is C12H12ClFNO3-. The summed E-state index contributed by atoms with van der Waals surface area (Å²) in [5, 5.41) is 20.9. The van der Waals surface area contributed by atoms with Gasteiger partial charge in [-0.3, -0.25) is 0 Å². The molecule has 0 saturated carbocycles. The van der Waals surface area contributed by atoms with Crippen molar-refractivity contribution >= 4 is 17.7 Å². The molecule has 1 saturated heterocycles. The number of amides is 1. The number of likely N-dealkylation sites (tertiary alicyclic amines) is 1. The summed E-state index contributed by atoms with van der Waals surface area (Å²) < 4.78 is 13.7. The van der Waals surface area contributed by atoms with E-state index in [1.165, 1.54) is 12.1 Å². The predicted octanol–water partition coefficient (Wildman–Crippen LogP) is 0.973. The van der Waals surface area contributed by atoms with Crippen LogP contribution in [0.3, 0.4) is 0 Å². The molecule has 6 heteroatoms. The monoisotopic (exact) mass is 272 g/mol. The Hall–Kier alpha value is -1.33. The van der Waals surface area contributed by atoms with E-state index in [1.54, 1.807) is 6.07 Å². The Morgan fingerprint density at radius 3 is 2.83 bits per heavy atom. The molecule has 1 N–H and O–H groups in total. The van der Waals surface area contributed by atoms with Crippen LogP contribution in [-0.2, 0) is 0 Å². The molecule has 0 bridgehead atoms. The quantitative estimate of drug-likeness (QED) is 0.829. The molecule has 0 spiro atoms. The number of benzene rings is 1. The van der Waals surface area contributed by atoms with E-state index in [9.17, 15) is 19.4 Å². The van der Waals surface area contributed by atoms with Gasteiger partial charge in [0.05, 0.1) is 6.10 Å². The number of rotatable bonds is 1. The van der Waals surface area contributed by atoms with Gasteiger partial charge in [-0.2, -0.15) is 0 Å². The first-order chi connectivity index (χ1) is 8.50. The fourth-order valence-electron chi connectivity index (χ4n) is 2.30. The molecule has 1 amide bonds. The van der Waals surface area contributed by atoms with E-state index in [0.29, 0.717) is 6.42 Å². The van der Waals surface area contributed by atoms with Crippen LogP contribution in [0, 0.1) is 5.82 Å². The van der Waals surface area contributed by atoms with Crippen LogP contribution in [0.2, 0.25) is 5.02 Å². The first kappa shape index (κ1) is 13.1. The summed E-state index contributed by atoms with van der Waals surface area (Å²) in [4.78, 5) is 11.7. The molecule has 4 nitrogen and oxygen atoms in total. The maximum atomic E-state index is 13.7. The molecule has 1 heterocycles. The number of hydrogen-bond donors (Lipinski definition) is 1. The zero-order valence-electron chi connectivity index (χ0n) is 9.47. The van der Waals surface area contributed by atoms with Gasteiger partial charge < -0.3 is 19.9 Å². The summed E-state index contributed by atoms with van der Waals surface area (Å²) in [5.74, 6) is -0.970. The van der Waals surface area contributed by atoms with E-state index in [2.05, 4.69) is 0 Å². The van der Waals surface area contributed by atoms with Crippen molar-refractivity contribution in [3.8, 4) is 0 Å². The van der Waals surface area contributed by atoms with Gasteiger partial charge in [-0.1, -0.05) is 17.7 Å². The minimum atomic E-state index is -1.33. The van der Waals surface area contributed by atoms with Crippen molar-refractivity contribution in [1.29, 1.82) is 0 Å². The number of carboxylic acid groups (broad SMARTS) is 1. The molecule has 1 fully saturated rings. The molecule has 18 heavy (non-hydrogen) atoms. The number of carbonyl (C=O) groups excluding carboxylic acids is 1. The third-order valence-corrected chi connectivity index (χ3v) is 3.54. The molecule has 2 unspecified atom stereocenters. The summed E-state index contributed by atoms with van der Waals surface area (Å²) in [6, 6.07) is 4.32. The lowest BCUT2D eigenvalue weighted by molar-refractivity contribution is -0.268. The number of piperidine rings is 1. The highest BCUT2D eigenvalue weighted by Gasteiger charge is 2.31. The highest BCUT2D eigenvalue weighted by molar-refractivity contribution is 6.31. The van der Waals surface area contributed by atoms with Gasteiger partial charge in [0.25, 0.3) is 0 Å². The summed E-state index contributed by atoms with van der Waals surface area (Å²) in [7, 11) is 0. The molecule has 1 aromatic carbocycles. The van der Waals surface area contributed by atoms with Crippen LogP contribution in [0.15, 0.2) is 18.2 Å². The fourth-order valence-corrected chi connectivity index (χ4v) is 2.60. The summed E-state index contributed by atoms with van der Waals surface area (Å²) in [6.07, 6.45) is -1.99. The molecule has 1 aliphatic heterocycles. The molecule has 2 atom stereocenters. The van der Waals surface area contributed by atoms with E-state index in [4.69, 9.17) is 11.6 Å². The molecule has 2 rings (SSSR count). The standard InChI is InChI=1S/C12H13ClFNO3/c13-8-2-1-3-9(14)11(8)7-4-5-15(12(17)18)6-10(7)16/h1-3,7,10,16H,4-6H2,(H,17,18)/p-1. The third-order valence-electron chi connectivity index (χ3n) is 3.21. The van der Waals surface area contributed by atoms with Crippen molar-refractivity contribution in [3.05, 3.63) is 34.6 Å². The van der Waals surface area contributed by atoms with Crippen molar-refractivity contribution in [1.82, 2.24) is 4.90 Å². The summed E-state index contributed by atoms with van der Waals surface area (Å²) >= 11 is 5.93. The molecule has 0 radical (unpaired) electrons. The molecule has 1 aliphatic rings. The Balaban J connectivity index is 2.23. The van der Waals surface area contributed by atoms with Crippen LogP contribution in [0.4, 0.5) is 9.18 Å². The minimum Gasteiger partial charge on any atom is -0.530 e. The lowest BCUT2D eigenvalue weighted by atomic mass is 9.87. The zero-order valence-corrected chi connectivity index (χ0v) is 10.2. The van der Waals surface area contributed by atoms with E-state index in [1.807, 2.05) is 0 Å². The van der Waals surface area contributed by atoms with E-state index in [0.717, 1.165) is 4.90 Å². The van der Waals surface area contributed by atoms with Crippen LogP contribution in [0.5, 0.6) is 0 Å². The molecular weight excluding hydrogens is 261 g/mol. The van der Waals surface area contributed by atoms with Gasteiger partial charge >= 0.3 is 0 Å². The average Bonchev–Trinajstić information content (AvgIpc) is 2.30. The predicted molar refractivity (Wildman–Crippen MR) is 61.7 cm³/mol. The normalized spacial score (nSPS) is 24.1. The van der Waals surface area contributed by atoms with Crippen LogP contribution >= 0.6 is 11.6 Å². The van der Waals surface area contributed by atoms with Gasteiger partial charge in [0.1, 0.15) is 11.9 Å². The molecule has 1 aromatic rings. The zero-order chi connectivity index (χ0) is 13.3. The van der Waals surface area contributed by atoms with E-state index in [-0.39, 0.29) is 23.7 Å². The van der Waals surface area contributed by atoms with Gasteiger partial charge in [0, 0.05) is 29.6 Å². The SMILES string of the molecule is O=C([O-])N1CCC(c2c(F)cccc2Cl)C(O)C1. The van der Waals surface area contributed by atoms with Gasteiger partial charge in [-0.15, -0.1) is 0 Å². The van der Waals surface area contributed by atoms with Crippen molar-refractivity contribution < 1.29 is 19.4 Å². The third kappa shape index (κ3) is 2.42. The average molecular weight is 273 g/mol. The largest absolute Gasteiger partial charge is 0.530 e. The Morgan fingerprint density at radius 2 is 2.28 bits per heavy atom. The number of aliphatic hydroxyl groups is 1. The topological polar surface area (TPSA) is 63.6 Å². The van der Waals surface area contributed by atoms with Crippen molar-refractivity contribution in [2.75, 3.05) is 13.1 Å². The van der Waals surface area contributed by atoms with Gasteiger partial charge in [-0.25, -0.2) is 4.39 Å². The first-order valence-electron chi connectivity index (χ1n) is 5.58. The number of aliphatic hydroxyl groups excluding tert-OH is 1. The second kappa shape index (κ2) is 5.12. The smallest absolute Gasteiger partial charge is 0.137 e. The fraction of sp³-hybridized carbons (Fsp3) is 0.417. The van der Waals surface area contributed by atoms with Crippen molar-refractivity contribution in [3.63, 3.8) is 0 Å². The summed E-state index contributed by atoms with van der Waals surface area (Å²) in [5.41, 5.74) is 0.254.